The van der Waals surface area contributed by atoms with Crippen molar-refractivity contribution >= 4 is 5.97 Å². The monoisotopic (exact) mass is 140 g/mol. The van der Waals surface area contributed by atoms with Gasteiger partial charge in [-0.1, -0.05) is 0 Å². The van der Waals surface area contributed by atoms with Crippen LogP contribution in [0.15, 0.2) is 0 Å². The van der Waals surface area contributed by atoms with Gasteiger partial charge in [-0.2, -0.15) is 0 Å². The smallest absolute Gasteiger partial charge is 0.306 e. The molecule has 0 bridgehead atoms. The fourth-order valence-electron chi connectivity index (χ4n) is 2.16. The van der Waals surface area contributed by atoms with Crippen LogP contribution in [0.4, 0.5) is 0 Å². The highest BCUT2D eigenvalue weighted by Crippen LogP contribution is 2.45. The van der Waals surface area contributed by atoms with E-state index in [-0.39, 0.29) is 11.6 Å². The molecule has 2 atom stereocenters. The lowest BCUT2D eigenvalue weighted by Crippen LogP contribution is -2.25. The third-order valence-corrected chi connectivity index (χ3v) is 2.85. The second kappa shape index (κ2) is 1.74. The molecule has 1 aliphatic heterocycles. The molecular weight excluding hydrogens is 128 g/mol. The van der Waals surface area contributed by atoms with Crippen LogP contribution in [0.1, 0.15) is 32.6 Å². The maximum Gasteiger partial charge on any atom is 0.306 e. The SMILES string of the molecule is CC12CCCC1CC(=O)O2. The Hall–Kier alpha value is -0.530. The first-order chi connectivity index (χ1) is 4.71. The number of rotatable bonds is 0. The Balaban J connectivity index is 2.22. The van der Waals surface area contributed by atoms with E-state index in [0.717, 1.165) is 6.42 Å². The summed E-state index contributed by atoms with van der Waals surface area (Å²) in [5.41, 5.74) is -0.0723. The number of hydrogen-bond acceptors (Lipinski definition) is 2. The Labute approximate surface area is 60.6 Å². The molecule has 1 aliphatic carbocycles. The summed E-state index contributed by atoms with van der Waals surface area (Å²) in [6, 6.07) is 0. The third-order valence-electron chi connectivity index (χ3n) is 2.85. The summed E-state index contributed by atoms with van der Waals surface area (Å²) in [6.45, 7) is 2.07. The minimum absolute atomic E-state index is 0.00667. The van der Waals surface area contributed by atoms with Gasteiger partial charge in [0.05, 0.1) is 6.42 Å². The van der Waals surface area contributed by atoms with E-state index in [0.29, 0.717) is 12.3 Å². The van der Waals surface area contributed by atoms with E-state index in [1.54, 1.807) is 0 Å². The molecule has 2 fully saturated rings. The second-order valence-corrected chi connectivity index (χ2v) is 3.58. The Morgan fingerprint density at radius 1 is 1.70 bits per heavy atom. The van der Waals surface area contributed by atoms with Gasteiger partial charge in [0.15, 0.2) is 0 Å². The molecule has 10 heavy (non-hydrogen) atoms. The van der Waals surface area contributed by atoms with Crippen molar-refractivity contribution in [2.75, 3.05) is 0 Å². The molecule has 56 valence electrons. The number of fused-ring (bicyclic) bond motifs is 1. The van der Waals surface area contributed by atoms with Crippen LogP contribution in [0, 0.1) is 5.92 Å². The molecule has 2 aliphatic rings. The quantitative estimate of drug-likeness (QED) is 0.476. The van der Waals surface area contributed by atoms with Gasteiger partial charge < -0.3 is 4.74 Å². The highest BCUT2D eigenvalue weighted by atomic mass is 16.6. The van der Waals surface area contributed by atoms with Gasteiger partial charge in [0, 0.05) is 5.92 Å². The zero-order valence-electron chi connectivity index (χ0n) is 6.22. The summed E-state index contributed by atoms with van der Waals surface area (Å²) in [7, 11) is 0. The lowest BCUT2D eigenvalue weighted by atomic mass is 9.93. The van der Waals surface area contributed by atoms with Gasteiger partial charge in [0.1, 0.15) is 5.60 Å². The molecule has 0 aromatic carbocycles. The van der Waals surface area contributed by atoms with Crippen molar-refractivity contribution in [3.05, 3.63) is 0 Å². The highest BCUT2D eigenvalue weighted by molar-refractivity contribution is 5.73. The predicted octanol–water partition coefficient (Wildman–Crippen LogP) is 1.49. The molecule has 1 heterocycles. The normalized spacial score (nSPS) is 45.3. The first-order valence-electron chi connectivity index (χ1n) is 3.92. The van der Waals surface area contributed by atoms with Crippen LogP contribution in [0.3, 0.4) is 0 Å². The topological polar surface area (TPSA) is 26.3 Å². The Bertz CT molecular complexity index is 176. The van der Waals surface area contributed by atoms with Crippen LogP contribution in [0.25, 0.3) is 0 Å². The van der Waals surface area contributed by atoms with Crippen molar-refractivity contribution < 1.29 is 9.53 Å². The number of carbonyl (C=O) groups is 1. The van der Waals surface area contributed by atoms with Crippen molar-refractivity contribution in [2.24, 2.45) is 5.92 Å². The molecule has 1 saturated heterocycles. The van der Waals surface area contributed by atoms with Crippen LogP contribution < -0.4 is 0 Å². The second-order valence-electron chi connectivity index (χ2n) is 3.58. The lowest BCUT2D eigenvalue weighted by molar-refractivity contribution is -0.147. The van der Waals surface area contributed by atoms with E-state index >= 15 is 0 Å². The Morgan fingerprint density at radius 2 is 2.50 bits per heavy atom. The van der Waals surface area contributed by atoms with E-state index in [2.05, 4.69) is 6.92 Å². The van der Waals surface area contributed by atoms with Gasteiger partial charge in [-0.25, -0.2) is 0 Å². The summed E-state index contributed by atoms with van der Waals surface area (Å²) in [5.74, 6) is 0.534. The average molecular weight is 140 g/mol. The Morgan fingerprint density at radius 3 is 3.20 bits per heavy atom. The van der Waals surface area contributed by atoms with Crippen LogP contribution >= 0.6 is 0 Å². The molecule has 2 nitrogen and oxygen atoms in total. The molecule has 2 rings (SSSR count). The summed E-state index contributed by atoms with van der Waals surface area (Å²) < 4.78 is 5.23. The summed E-state index contributed by atoms with van der Waals surface area (Å²) in [6.07, 6.45) is 4.15. The number of esters is 1. The molecule has 1 saturated carbocycles. The standard InChI is InChI=1S/C8H12O2/c1-8-4-2-3-6(8)5-7(9)10-8/h6H,2-5H2,1H3. The molecule has 2 unspecified atom stereocenters. The molecule has 2 heteroatoms. The largest absolute Gasteiger partial charge is 0.459 e. The van der Waals surface area contributed by atoms with E-state index < -0.39 is 0 Å². The van der Waals surface area contributed by atoms with Crippen molar-refractivity contribution in [1.82, 2.24) is 0 Å². The highest BCUT2D eigenvalue weighted by Gasteiger charge is 2.48. The van der Waals surface area contributed by atoms with Gasteiger partial charge in [-0.15, -0.1) is 0 Å². The first-order valence-corrected chi connectivity index (χ1v) is 3.92. The van der Waals surface area contributed by atoms with Crippen molar-refractivity contribution in [2.45, 2.75) is 38.2 Å². The summed E-state index contributed by atoms with van der Waals surface area (Å²) in [5, 5.41) is 0. The Kier molecular flexibility index (Phi) is 1.08. The van der Waals surface area contributed by atoms with Crippen LogP contribution in [0.5, 0.6) is 0 Å². The molecule has 0 aromatic heterocycles. The first kappa shape index (κ1) is 6.20. The minimum Gasteiger partial charge on any atom is -0.459 e. The van der Waals surface area contributed by atoms with Crippen LogP contribution in [0.2, 0.25) is 0 Å². The number of carbonyl (C=O) groups excluding carboxylic acids is 1. The third kappa shape index (κ3) is 0.678. The molecule has 0 radical (unpaired) electrons. The minimum atomic E-state index is -0.0723. The number of ether oxygens (including phenoxy) is 1. The fourth-order valence-corrected chi connectivity index (χ4v) is 2.16. The van der Waals surface area contributed by atoms with Crippen molar-refractivity contribution in [3.8, 4) is 0 Å². The van der Waals surface area contributed by atoms with E-state index in [4.69, 9.17) is 4.74 Å². The van der Waals surface area contributed by atoms with Gasteiger partial charge in [-0.3, -0.25) is 4.79 Å². The van der Waals surface area contributed by atoms with E-state index in [9.17, 15) is 4.79 Å². The lowest BCUT2D eigenvalue weighted by Gasteiger charge is -2.20. The molecular formula is C8H12O2. The van der Waals surface area contributed by atoms with Crippen molar-refractivity contribution in [1.29, 1.82) is 0 Å². The van der Waals surface area contributed by atoms with Crippen molar-refractivity contribution in [3.63, 3.8) is 0 Å². The molecule has 0 N–H and O–H groups in total. The van der Waals surface area contributed by atoms with Crippen LogP contribution in [-0.2, 0) is 9.53 Å². The van der Waals surface area contributed by atoms with Gasteiger partial charge in [0.2, 0.25) is 0 Å². The average Bonchev–Trinajstić information content (AvgIpc) is 2.20. The zero-order valence-corrected chi connectivity index (χ0v) is 6.22. The maximum atomic E-state index is 10.8. The summed E-state index contributed by atoms with van der Waals surface area (Å²) in [4.78, 5) is 10.8. The van der Waals surface area contributed by atoms with Crippen LogP contribution in [-0.4, -0.2) is 11.6 Å². The molecule has 0 aromatic rings. The van der Waals surface area contributed by atoms with Gasteiger partial charge in [0.25, 0.3) is 0 Å². The van der Waals surface area contributed by atoms with E-state index in [1.807, 2.05) is 0 Å². The molecule has 0 amide bonds. The summed E-state index contributed by atoms with van der Waals surface area (Å²) >= 11 is 0. The maximum absolute atomic E-state index is 10.8. The molecule has 0 spiro atoms. The number of hydrogen-bond donors (Lipinski definition) is 0. The predicted molar refractivity (Wildman–Crippen MR) is 36.5 cm³/mol. The zero-order chi connectivity index (χ0) is 7.19. The van der Waals surface area contributed by atoms with Gasteiger partial charge in [-0.05, 0) is 26.2 Å². The fraction of sp³-hybridized carbons (Fsp3) is 0.875. The van der Waals surface area contributed by atoms with E-state index in [1.165, 1.54) is 12.8 Å². The van der Waals surface area contributed by atoms with Gasteiger partial charge >= 0.3 is 5.97 Å².